The summed E-state index contributed by atoms with van der Waals surface area (Å²) in [6.07, 6.45) is 2.09. The minimum absolute atomic E-state index is 0.602. The highest BCUT2D eigenvalue weighted by Gasteiger charge is 2.34. The average Bonchev–Trinajstić information content (AvgIpc) is 2.45. The fraction of sp³-hybridized carbons (Fsp3) is 0.588. The van der Waals surface area contributed by atoms with Crippen LogP contribution in [0.25, 0.3) is 0 Å². The number of hydrogen-bond acceptors (Lipinski definition) is 3. The van der Waals surface area contributed by atoms with Crippen LogP contribution in [0.1, 0.15) is 38.7 Å². The summed E-state index contributed by atoms with van der Waals surface area (Å²) >= 11 is 0. The van der Waals surface area contributed by atoms with Gasteiger partial charge < -0.3 is 15.3 Å². The second-order valence-corrected chi connectivity index (χ2v) is 5.64. The molecule has 0 aliphatic heterocycles. The van der Waals surface area contributed by atoms with Crippen LogP contribution in [0.3, 0.4) is 0 Å². The Morgan fingerprint density at radius 2 is 2.10 bits per heavy atom. The van der Waals surface area contributed by atoms with Gasteiger partial charge in [-0.15, -0.1) is 0 Å². The van der Waals surface area contributed by atoms with E-state index in [1.54, 1.807) is 0 Å². The predicted molar refractivity (Wildman–Crippen MR) is 88.0 cm³/mol. The maximum Gasteiger partial charge on any atom is 0.323 e. The van der Waals surface area contributed by atoms with E-state index in [1.807, 2.05) is 19.9 Å². The standard InChI is InChI=1S/C17H28N2O2/c1-5-17(16(20)21,18-6-2)11-8-12-19(4)15-10-7-9-14(3)13-15/h7,9-10,13,18H,5-6,8,11-12H2,1-4H3,(H,20,21). The molecular weight excluding hydrogens is 264 g/mol. The number of nitrogens with one attached hydrogen (secondary N) is 1. The van der Waals surface area contributed by atoms with Gasteiger partial charge in [0.1, 0.15) is 5.54 Å². The molecule has 4 nitrogen and oxygen atoms in total. The molecule has 2 N–H and O–H groups in total. The summed E-state index contributed by atoms with van der Waals surface area (Å²) < 4.78 is 0. The van der Waals surface area contributed by atoms with E-state index in [9.17, 15) is 9.90 Å². The normalized spacial score (nSPS) is 13.7. The van der Waals surface area contributed by atoms with Crippen LogP contribution >= 0.6 is 0 Å². The number of aryl methyl sites for hydroxylation is 1. The van der Waals surface area contributed by atoms with Gasteiger partial charge in [-0.25, -0.2) is 0 Å². The van der Waals surface area contributed by atoms with Crippen molar-refractivity contribution in [2.24, 2.45) is 0 Å². The molecular formula is C17H28N2O2. The number of carbonyl (C=O) groups is 1. The summed E-state index contributed by atoms with van der Waals surface area (Å²) in [6.45, 7) is 7.49. The molecule has 1 aromatic rings. The molecule has 118 valence electrons. The topological polar surface area (TPSA) is 52.6 Å². The number of aliphatic carboxylic acids is 1. The molecule has 1 unspecified atom stereocenters. The maximum absolute atomic E-state index is 11.6. The first-order chi connectivity index (χ1) is 9.95. The highest BCUT2D eigenvalue weighted by molar-refractivity contribution is 5.78. The third-order valence-corrected chi connectivity index (χ3v) is 4.07. The summed E-state index contributed by atoms with van der Waals surface area (Å²) in [5, 5.41) is 12.6. The van der Waals surface area contributed by atoms with Gasteiger partial charge in [0.25, 0.3) is 0 Å². The number of hydrogen-bond donors (Lipinski definition) is 2. The van der Waals surface area contributed by atoms with E-state index in [1.165, 1.54) is 11.3 Å². The molecule has 0 spiro atoms. The second-order valence-electron chi connectivity index (χ2n) is 5.64. The van der Waals surface area contributed by atoms with Gasteiger partial charge in [-0.05, 0) is 50.4 Å². The van der Waals surface area contributed by atoms with Crippen molar-refractivity contribution in [3.63, 3.8) is 0 Å². The average molecular weight is 292 g/mol. The molecule has 1 atom stereocenters. The lowest BCUT2D eigenvalue weighted by Crippen LogP contribution is -2.51. The Bertz CT molecular complexity index is 462. The largest absolute Gasteiger partial charge is 0.480 e. The molecule has 0 saturated carbocycles. The predicted octanol–water partition coefficient (Wildman–Crippen LogP) is 3.05. The number of rotatable bonds is 9. The zero-order chi connectivity index (χ0) is 15.9. The van der Waals surface area contributed by atoms with Crippen molar-refractivity contribution < 1.29 is 9.90 Å². The van der Waals surface area contributed by atoms with Gasteiger partial charge >= 0.3 is 5.97 Å². The van der Waals surface area contributed by atoms with Gasteiger partial charge in [0, 0.05) is 19.3 Å². The van der Waals surface area contributed by atoms with Crippen LogP contribution in [0.5, 0.6) is 0 Å². The summed E-state index contributed by atoms with van der Waals surface area (Å²) in [5.41, 5.74) is 1.62. The molecule has 4 heteroatoms. The van der Waals surface area contributed by atoms with E-state index in [-0.39, 0.29) is 0 Å². The highest BCUT2D eigenvalue weighted by Crippen LogP contribution is 2.20. The molecule has 0 aromatic heterocycles. The first-order valence-electron chi connectivity index (χ1n) is 7.71. The molecule has 1 aromatic carbocycles. The Hall–Kier alpha value is -1.55. The molecule has 0 aliphatic rings. The van der Waals surface area contributed by atoms with Crippen molar-refractivity contribution in [3.05, 3.63) is 29.8 Å². The molecule has 0 aliphatic carbocycles. The van der Waals surface area contributed by atoms with Crippen LogP contribution in [-0.2, 0) is 4.79 Å². The number of likely N-dealkylation sites (N-methyl/N-ethyl adjacent to an activating group) is 1. The van der Waals surface area contributed by atoms with Crippen molar-refractivity contribution in [1.82, 2.24) is 5.32 Å². The summed E-state index contributed by atoms with van der Waals surface area (Å²) in [4.78, 5) is 13.7. The van der Waals surface area contributed by atoms with Crippen LogP contribution in [-0.4, -0.2) is 36.8 Å². The van der Waals surface area contributed by atoms with Crippen molar-refractivity contribution in [3.8, 4) is 0 Å². The first kappa shape index (κ1) is 17.5. The Morgan fingerprint density at radius 3 is 2.62 bits per heavy atom. The Labute approximate surface area is 128 Å². The molecule has 0 saturated heterocycles. The van der Waals surface area contributed by atoms with Crippen LogP contribution in [0.15, 0.2) is 24.3 Å². The fourth-order valence-corrected chi connectivity index (χ4v) is 2.67. The van der Waals surface area contributed by atoms with Crippen LogP contribution in [0.4, 0.5) is 5.69 Å². The number of benzene rings is 1. The van der Waals surface area contributed by atoms with Gasteiger partial charge in [0.05, 0.1) is 0 Å². The van der Waals surface area contributed by atoms with Crippen molar-refractivity contribution in [2.45, 2.75) is 45.6 Å². The van der Waals surface area contributed by atoms with E-state index in [2.05, 4.69) is 42.4 Å². The fourth-order valence-electron chi connectivity index (χ4n) is 2.67. The number of anilines is 1. The zero-order valence-electron chi connectivity index (χ0n) is 13.6. The minimum atomic E-state index is -0.789. The Kier molecular flexibility index (Phi) is 6.69. The molecule has 0 bridgehead atoms. The van der Waals surface area contributed by atoms with Crippen molar-refractivity contribution in [1.29, 1.82) is 0 Å². The number of carboxylic acids is 1. The lowest BCUT2D eigenvalue weighted by Gasteiger charge is -2.30. The second kappa shape index (κ2) is 8.03. The van der Waals surface area contributed by atoms with Gasteiger partial charge in [-0.1, -0.05) is 26.0 Å². The summed E-state index contributed by atoms with van der Waals surface area (Å²) in [7, 11) is 2.05. The molecule has 0 radical (unpaired) electrons. The Balaban J connectivity index is 2.59. The molecule has 0 fully saturated rings. The Morgan fingerprint density at radius 1 is 1.38 bits per heavy atom. The maximum atomic E-state index is 11.6. The molecule has 1 rings (SSSR count). The first-order valence-corrected chi connectivity index (χ1v) is 7.71. The quantitative estimate of drug-likeness (QED) is 0.734. The van der Waals surface area contributed by atoms with Crippen molar-refractivity contribution in [2.75, 3.05) is 25.0 Å². The summed E-state index contributed by atoms with van der Waals surface area (Å²) in [6, 6.07) is 8.36. The van der Waals surface area contributed by atoms with Crippen LogP contribution in [0.2, 0.25) is 0 Å². The van der Waals surface area contributed by atoms with Gasteiger partial charge in [-0.2, -0.15) is 0 Å². The van der Waals surface area contributed by atoms with Gasteiger partial charge in [0.15, 0.2) is 0 Å². The molecule has 0 amide bonds. The summed E-state index contributed by atoms with van der Waals surface area (Å²) in [5.74, 6) is -0.745. The van der Waals surface area contributed by atoms with Crippen molar-refractivity contribution >= 4 is 11.7 Å². The van der Waals surface area contributed by atoms with Gasteiger partial charge in [-0.3, -0.25) is 4.79 Å². The zero-order valence-corrected chi connectivity index (χ0v) is 13.6. The van der Waals surface area contributed by atoms with Crippen LogP contribution in [0, 0.1) is 6.92 Å². The lowest BCUT2D eigenvalue weighted by atomic mass is 9.90. The number of nitrogens with zero attached hydrogens (tertiary/aromatic N) is 1. The lowest BCUT2D eigenvalue weighted by molar-refractivity contribution is -0.145. The van der Waals surface area contributed by atoms with E-state index < -0.39 is 11.5 Å². The van der Waals surface area contributed by atoms with E-state index in [0.717, 1.165) is 13.0 Å². The van der Waals surface area contributed by atoms with Gasteiger partial charge in [0.2, 0.25) is 0 Å². The SMILES string of the molecule is CCNC(CC)(CCCN(C)c1cccc(C)c1)C(=O)O. The molecule has 0 heterocycles. The number of carboxylic acid groups (broad SMARTS) is 1. The minimum Gasteiger partial charge on any atom is -0.480 e. The van der Waals surface area contributed by atoms with E-state index >= 15 is 0 Å². The monoisotopic (exact) mass is 292 g/mol. The van der Waals surface area contributed by atoms with E-state index in [4.69, 9.17) is 0 Å². The third-order valence-electron chi connectivity index (χ3n) is 4.07. The van der Waals surface area contributed by atoms with E-state index in [0.29, 0.717) is 19.4 Å². The molecule has 21 heavy (non-hydrogen) atoms. The third kappa shape index (κ3) is 4.74. The van der Waals surface area contributed by atoms with Crippen LogP contribution < -0.4 is 10.2 Å². The smallest absolute Gasteiger partial charge is 0.323 e. The highest BCUT2D eigenvalue weighted by atomic mass is 16.4.